The van der Waals surface area contributed by atoms with Gasteiger partial charge < -0.3 is 19.9 Å². The van der Waals surface area contributed by atoms with E-state index in [2.05, 4.69) is 18.0 Å². The Kier molecular flexibility index (Phi) is 5.18. The highest BCUT2D eigenvalue weighted by molar-refractivity contribution is 5.91. The van der Waals surface area contributed by atoms with E-state index in [1.54, 1.807) is 13.3 Å². The van der Waals surface area contributed by atoms with E-state index in [0.717, 1.165) is 40.8 Å². The molecular formula is C16H21N2O2. The van der Waals surface area contributed by atoms with Gasteiger partial charge in [0.25, 0.3) is 0 Å². The summed E-state index contributed by atoms with van der Waals surface area (Å²) in [5, 5.41) is 9.09. The van der Waals surface area contributed by atoms with Crippen LogP contribution < -0.4 is 4.74 Å². The summed E-state index contributed by atoms with van der Waals surface area (Å²) in [6.45, 7) is 3.16. The summed E-state index contributed by atoms with van der Waals surface area (Å²) in [6.07, 6.45) is 4.22. The van der Waals surface area contributed by atoms with Gasteiger partial charge in [0.1, 0.15) is 12.4 Å². The van der Waals surface area contributed by atoms with Crippen LogP contribution in [0, 0.1) is 11.5 Å². The zero-order chi connectivity index (χ0) is 14.4. The Morgan fingerprint density at radius 2 is 2.20 bits per heavy atom. The maximum Gasteiger partial charge on any atom is 0.125 e. The number of hydrogen-bond donors (Lipinski definition) is 2. The largest absolute Gasteiger partial charge is 0.491 e. The maximum atomic E-state index is 8.06. The third-order valence-corrected chi connectivity index (χ3v) is 3.20. The van der Waals surface area contributed by atoms with Gasteiger partial charge in [-0.15, -0.1) is 0 Å². The summed E-state index contributed by atoms with van der Waals surface area (Å²) in [5.74, 6) is 0.825. The summed E-state index contributed by atoms with van der Waals surface area (Å²) in [7, 11) is 1.66. The van der Waals surface area contributed by atoms with E-state index in [9.17, 15) is 0 Å². The van der Waals surface area contributed by atoms with E-state index in [4.69, 9.17) is 14.9 Å². The quantitative estimate of drug-likeness (QED) is 0.572. The lowest BCUT2D eigenvalue weighted by Crippen LogP contribution is -2.08. The number of aromatic nitrogens is 1. The predicted molar refractivity (Wildman–Crippen MR) is 80.8 cm³/mol. The molecule has 0 saturated carbocycles. The normalized spacial score (nSPS) is 10.9. The molecule has 0 aliphatic heterocycles. The highest BCUT2D eigenvalue weighted by Crippen LogP contribution is 2.28. The van der Waals surface area contributed by atoms with Gasteiger partial charge in [0.15, 0.2) is 0 Å². The lowest BCUT2D eigenvalue weighted by atomic mass is 10.0. The van der Waals surface area contributed by atoms with Gasteiger partial charge in [-0.1, -0.05) is 13.3 Å². The number of rotatable bonds is 8. The molecule has 2 N–H and O–H groups in total. The first-order chi connectivity index (χ1) is 9.76. The number of benzene rings is 1. The average Bonchev–Trinajstić information content (AvgIpc) is 2.90. The van der Waals surface area contributed by atoms with Gasteiger partial charge in [-0.25, -0.2) is 0 Å². The smallest absolute Gasteiger partial charge is 0.125 e. The van der Waals surface area contributed by atoms with Crippen molar-refractivity contribution in [3.05, 3.63) is 30.0 Å². The van der Waals surface area contributed by atoms with Gasteiger partial charge in [-0.3, -0.25) is 0 Å². The van der Waals surface area contributed by atoms with Gasteiger partial charge in [-0.2, -0.15) is 0 Å². The van der Waals surface area contributed by atoms with Crippen LogP contribution in [-0.4, -0.2) is 31.0 Å². The monoisotopic (exact) mass is 273 g/mol. The Balaban J connectivity index is 2.27. The van der Waals surface area contributed by atoms with E-state index < -0.39 is 0 Å². The molecule has 2 aromatic rings. The summed E-state index contributed by atoms with van der Waals surface area (Å²) < 4.78 is 10.8. The van der Waals surface area contributed by atoms with Crippen molar-refractivity contribution < 1.29 is 9.47 Å². The molecule has 0 bridgehead atoms. The number of fused-ring (bicyclic) bond motifs is 1. The number of ether oxygens (including phenoxy) is 2. The van der Waals surface area contributed by atoms with Crippen LogP contribution in [0.1, 0.15) is 25.3 Å². The molecule has 2 rings (SSSR count). The standard InChI is InChI=1S/C16H21N2O2/c1-3-4-13(17)11-14-15(20-10-9-19-2)6-5-12-7-8-18-16(12)14/h5-6,8,17-18H,3-4,9-11H2,1-2H3. The van der Waals surface area contributed by atoms with Crippen LogP contribution in [0.4, 0.5) is 0 Å². The zero-order valence-corrected chi connectivity index (χ0v) is 12.1. The van der Waals surface area contributed by atoms with Gasteiger partial charge in [0.05, 0.1) is 12.1 Å². The first-order valence-corrected chi connectivity index (χ1v) is 6.95. The Morgan fingerprint density at radius 3 is 2.95 bits per heavy atom. The molecule has 107 valence electrons. The third kappa shape index (κ3) is 3.39. The van der Waals surface area contributed by atoms with Crippen LogP contribution in [0.5, 0.6) is 5.75 Å². The number of hydrogen-bond acceptors (Lipinski definition) is 3. The van der Waals surface area contributed by atoms with Crippen LogP contribution in [0.2, 0.25) is 0 Å². The van der Waals surface area contributed by atoms with Crippen molar-refractivity contribution in [2.45, 2.75) is 26.2 Å². The number of H-pyrrole nitrogens is 1. The molecule has 0 fully saturated rings. The lowest BCUT2D eigenvalue weighted by molar-refractivity contribution is 0.146. The molecule has 20 heavy (non-hydrogen) atoms. The van der Waals surface area contributed by atoms with Crippen LogP contribution >= 0.6 is 0 Å². The second-order valence-electron chi connectivity index (χ2n) is 4.77. The molecule has 0 spiro atoms. The van der Waals surface area contributed by atoms with Crippen LogP contribution in [0.15, 0.2) is 18.3 Å². The highest BCUT2D eigenvalue weighted by atomic mass is 16.5. The zero-order valence-electron chi connectivity index (χ0n) is 12.1. The molecule has 0 aliphatic rings. The van der Waals surface area contributed by atoms with E-state index >= 15 is 0 Å². The minimum absolute atomic E-state index is 0.514. The fourth-order valence-corrected chi connectivity index (χ4v) is 2.25. The van der Waals surface area contributed by atoms with Crippen molar-refractivity contribution in [2.24, 2.45) is 0 Å². The topological polar surface area (TPSA) is 58.1 Å². The van der Waals surface area contributed by atoms with E-state index in [1.165, 1.54) is 0 Å². The number of methoxy groups -OCH3 is 1. The molecule has 1 heterocycles. The molecule has 1 radical (unpaired) electrons. The second-order valence-corrected chi connectivity index (χ2v) is 4.77. The Bertz CT molecular complexity index is 575. The van der Waals surface area contributed by atoms with Gasteiger partial charge in [0, 0.05) is 42.5 Å². The van der Waals surface area contributed by atoms with Gasteiger partial charge >= 0.3 is 0 Å². The Labute approximate surface area is 119 Å². The predicted octanol–water partition coefficient (Wildman–Crippen LogP) is 3.36. The minimum Gasteiger partial charge on any atom is -0.491 e. The van der Waals surface area contributed by atoms with Crippen molar-refractivity contribution >= 4 is 16.6 Å². The first-order valence-electron chi connectivity index (χ1n) is 6.95. The summed E-state index contributed by atoms with van der Waals surface area (Å²) in [5.41, 5.74) is 2.78. The maximum absolute atomic E-state index is 8.06. The van der Waals surface area contributed by atoms with Crippen LogP contribution in [-0.2, 0) is 11.2 Å². The minimum atomic E-state index is 0.514. The van der Waals surface area contributed by atoms with Crippen molar-refractivity contribution in [1.82, 2.24) is 4.98 Å². The molecule has 1 aromatic carbocycles. The van der Waals surface area contributed by atoms with E-state index in [1.807, 2.05) is 12.1 Å². The van der Waals surface area contributed by atoms with Crippen molar-refractivity contribution in [3.8, 4) is 5.75 Å². The molecule has 0 atom stereocenters. The summed E-state index contributed by atoms with van der Waals surface area (Å²) in [6, 6.07) is 7.10. The van der Waals surface area contributed by atoms with Crippen molar-refractivity contribution in [3.63, 3.8) is 0 Å². The summed E-state index contributed by atoms with van der Waals surface area (Å²) >= 11 is 0. The molecule has 0 unspecified atom stereocenters. The van der Waals surface area contributed by atoms with Crippen LogP contribution in [0.25, 0.3) is 10.9 Å². The first kappa shape index (κ1) is 14.6. The lowest BCUT2D eigenvalue weighted by Gasteiger charge is -2.13. The average molecular weight is 273 g/mol. The second kappa shape index (κ2) is 7.10. The summed E-state index contributed by atoms with van der Waals surface area (Å²) in [4.78, 5) is 3.20. The number of nitrogens with one attached hydrogen (secondary N) is 2. The van der Waals surface area contributed by atoms with Gasteiger partial charge in [0.2, 0.25) is 0 Å². The van der Waals surface area contributed by atoms with E-state index in [-0.39, 0.29) is 0 Å². The fraction of sp³-hybridized carbons (Fsp3) is 0.438. The Hall–Kier alpha value is -1.81. The highest BCUT2D eigenvalue weighted by Gasteiger charge is 2.12. The number of aromatic amines is 1. The molecule has 0 aliphatic carbocycles. The third-order valence-electron chi connectivity index (χ3n) is 3.20. The van der Waals surface area contributed by atoms with Crippen LogP contribution in [0.3, 0.4) is 0 Å². The molecule has 0 amide bonds. The fourth-order valence-electron chi connectivity index (χ4n) is 2.25. The molecule has 4 nitrogen and oxygen atoms in total. The SMILES string of the molecule is CCCC(=N)Cc1c(OCCOC)ccc2[c]c[nH]c12. The molecule has 0 saturated heterocycles. The van der Waals surface area contributed by atoms with Gasteiger partial charge in [-0.05, 0) is 18.6 Å². The molecule has 1 aromatic heterocycles. The van der Waals surface area contributed by atoms with Crippen molar-refractivity contribution in [1.29, 1.82) is 5.41 Å². The van der Waals surface area contributed by atoms with Crippen molar-refractivity contribution in [2.75, 3.05) is 20.3 Å². The van der Waals surface area contributed by atoms with E-state index in [0.29, 0.717) is 19.6 Å². The Morgan fingerprint density at radius 1 is 1.35 bits per heavy atom. The molecular weight excluding hydrogens is 252 g/mol. The molecule has 4 heteroatoms.